The first-order chi connectivity index (χ1) is 8.37. The van der Waals surface area contributed by atoms with Gasteiger partial charge >= 0.3 is 6.36 Å². The summed E-state index contributed by atoms with van der Waals surface area (Å²) in [6.07, 6.45) is -4.75. The van der Waals surface area contributed by atoms with Crippen molar-refractivity contribution in [3.05, 3.63) is 24.3 Å². The van der Waals surface area contributed by atoms with E-state index in [0.29, 0.717) is 11.6 Å². The number of amides is 1. The number of thioether (sulfide) groups is 1. The summed E-state index contributed by atoms with van der Waals surface area (Å²) in [6, 6.07) is 5.23. The topological polar surface area (TPSA) is 29.5 Å². The second-order valence-corrected chi connectivity index (χ2v) is 5.18. The van der Waals surface area contributed by atoms with E-state index in [1.807, 2.05) is 0 Å². The maximum absolute atomic E-state index is 12.1. The van der Waals surface area contributed by atoms with E-state index in [-0.39, 0.29) is 11.7 Å². The Balaban J connectivity index is 2.20. The van der Waals surface area contributed by atoms with Gasteiger partial charge in [-0.3, -0.25) is 4.79 Å². The summed E-state index contributed by atoms with van der Waals surface area (Å²) in [5.74, 6) is -0.399. The minimum absolute atomic E-state index is 0.308. The molecule has 98 valence electrons. The first kappa shape index (κ1) is 13.4. The molecule has 0 N–H and O–H groups in total. The van der Waals surface area contributed by atoms with Crippen molar-refractivity contribution in [1.82, 2.24) is 0 Å². The Morgan fingerprint density at radius 3 is 2.72 bits per heavy atom. The normalized spacial score (nSPS) is 20.3. The summed E-state index contributed by atoms with van der Waals surface area (Å²) in [4.78, 5) is 12.9. The summed E-state index contributed by atoms with van der Waals surface area (Å²) in [6.45, 7) is 0. The van der Waals surface area contributed by atoms with Crippen LogP contribution < -0.4 is 9.64 Å². The Morgan fingerprint density at radius 1 is 1.44 bits per heavy atom. The summed E-state index contributed by atoms with van der Waals surface area (Å²) in [5, 5.41) is 0. The van der Waals surface area contributed by atoms with Crippen LogP contribution in [0.25, 0.3) is 0 Å². The molecule has 1 amide bonds. The van der Waals surface area contributed by atoms with Crippen molar-refractivity contribution < 1.29 is 22.7 Å². The van der Waals surface area contributed by atoms with Crippen LogP contribution in [0.3, 0.4) is 0 Å². The number of anilines is 1. The molecular weight excluding hydrogens is 291 g/mol. The van der Waals surface area contributed by atoms with Crippen molar-refractivity contribution in [2.75, 3.05) is 10.8 Å². The predicted molar refractivity (Wildman–Crippen MR) is 62.7 cm³/mol. The van der Waals surface area contributed by atoms with Crippen molar-refractivity contribution in [2.24, 2.45) is 0 Å². The SMILES string of the molecule is O=C1C(Cl)SCN1c1cccc(OC(F)(F)F)c1. The van der Waals surface area contributed by atoms with Gasteiger partial charge in [-0.25, -0.2) is 0 Å². The first-order valence-corrected chi connectivity index (χ1v) is 6.28. The minimum atomic E-state index is -4.75. The number of benzene rings is 1. The third-order valence-corrected chi connectivity index (χ3v) is 3.64. The third-order valence-electron chi connectivity index (χ3n) is 2.17. The van der Waals surface area contributed by atoms with Gasteiger partial charge in [0, 0.05) is 11.8 Å². The van der Waals surface area contributed by atoms with Crippen LogP contribution in [-0.4, -0.2) is 22.9 Å². The minimum Gasteiger partial charge on any atom is -0.406 e. The highest BCUT2D eigenvalue weighted by molar-refractivity contribution is 8.02. The molecule has 8 heteroatoms. The largest absolute Gasteiger partial charge is 0.573 e. The maximum atomic E-state index is 12.1. The van der Waals surface area contributed by atoms with Gasteiger partial charge in [0.15, 0.2) is 4.71 Å². The van der Waals surface area contributed by atoms with Gasteiger partial charge in [-0.15, -0.1) is 36.5 Å². The standard InChI is InChI=1S/C10H7ClF3NO2S/c11-8-9(16)15(5-18-8)6-2-1-3-7(4-6)17-10(12,13)14/h1-4,8H,5H2. The molecule has 1 heterocycles. The maximum Gasteiger partial charge on any atom is 0.573 e. The molecule has 1 aliphatic heterocycles. The van der Waals surface area contributed by atoms with Gasteiger partial charge in [0.05, 0.1) is 5.88 Å². The molecule has 1 saturated heterocycles. The molecule has 1 atom stereocenters. The highest BCUT2D eigenvalue weighted by Crippen LogP contribution is 2.33. The van der Waals surface area contributed by atoms with E-state index in [9.17, 15) is 18.0 Å². The van der Waals surface area contributed by atoms with Crippen LogP contribution >= 0.6 is 23.4 Å². The summed E-state index contributed by atoms with van der Waals surface area (Å²) >= 11 is 6.92. The van der Waals surface area contributed by atoms with E-state index >= 15 is 0 Å². The number of alkyl halides is 4. The second-order valence-electron chi connectivity index (χ2n) is 3.42. The second kappa shape index (κ2) is 4.89. The Labute approximate surface area is 110 Å². The van der Waals surface area contributed by atoms with Gasteiger partial charge in [0.25, 0.3) is 5.91 Å². The molecule has 1 unspecified atom stereocenters. The monoisotopic (exact) mass is 297 g/mol. The molecule has 0 aliphatic carbocycles. The molecule has 0 spiro atoms. The van der Waals surface area contributed by atoms with E-state index in [1.54, 1.807) is 0 Å². The number of hydrogen-bond acceptors (Lipinski definition) is 3. The van der Waals surface area contributed by atoms with Crippen LogP contribution in [0, 0.1) is 0 Å². The van der Waals surface area contributed by atoms with Crippen molar-refractivity contribution in [3.63, 3.8) is 0 Å². The molecular formula is C10H7ClF3NO2S. The molecule has 1 aliphatic rings. The Bertz CT molecular complexity index is 469. The van der Waals surface area contributed by atoms with Gasteiger partial charge in [0.1, 0.15) is 5.75 Å². The van der Waals surface area contributed by atoms with E-state index in [0.717, 1.165) is 6.07 Å². The van der Waals surface area contributed by atoms with E-state index < -0.39 is 11.1 Å². The lowest BCUT2D eigenvalue weighted by atomic mass is 10.3. The first-order valence-electron chi connectivity index (χ1n) is 4.80. The van der Waals surface area contributed by atoms with Crippen molar-refractivity contribution in [2.45, 2.75) is 11.1 Å². The van der Waals surface area contributed by atoms with Gasteiger partial charge in [-0.05, 0) is 12.1 Å². The molecule has 2 rings (SSSR count). The van der Waals surface area contributed by atoms with Crippen LogP contribution in [0.4, 0.5) is 18.9 Å². The lowest BCUT2D eigenvalue weighted by molar-refractivity contribution is -0.274. The molecule has 0 saturated carbocycles. The van der Waals surface area contributed by atoms with E-state index in [1.165, 1.54) is 34.9 Å². The quantitative estimate of drug-likeness (QED) is 0.785. The number of hydrogen-bond donors (Lipinski definition) is 0. The Hall–Kier alpha value is -1.08. The predicted octanol–water partition coefficient (Wildman–Crippen LogP) is 3.19. The fraction of sp³-hybridized carbons (Fsp3) is 0.300. The molecule has 1 fully saturated rings. The highest BCUT2D eigenvalue weighted by Gasteiger charge is 2.33. The number of carbonyl (C=O) groups excluding carboxylic acids is 1. The Kier molecular flexibility index (Phi) is 3.63. The lowest BCUT2D eigenvalue weighted by Crippen LogP contribution is -2.27. The van der Waals surface area contributed by atoms with E-state index in [4.69, 9.17) is 11.6 Å². The summed E-state index contributed by atoms with van der Waals surface area (Å²) in [5.41, 5.74) is 0.331. The zero-order chi connectivity index (χ0) is 13.3. The molecule has 18 heavy (non-hydrogen) atoms. The van der Waals surface area contributed by atoms with Crippen molar-refractivity contribution in [1.29, 1.82) is 0 Å². The molecule has 0 aromatic heterocycles. The number of halogens is 4. The number of ether oxygens (including phenoxy) is 1. The fourth-order valence-corrected chi connectivity index (χ4v) is 2.56. The van der Waals surface area contributed by atoms with Gasteiger partial charge in [-0.2, -0.15) is 0 Å². The molecule has 0 radical (unpaired) electrons. The van der Waals surface area contributed by atoms with Gasteiger partial charge < -0.3 is 9.64 Å². The number of rotatable bonds is 2. The smallest absolute Gasteiger partial charge is 0.406 e. The molecule has 1 aromatic carbocycles. The zero-order valence-corrected chi connectivity index (χ0v) is 10.4. The average molecular weight is 298 g/mol. The average Bonchev–Trinajstić information content (AvgIpc) is 2.58. The summed E-state index contributed by atoms with van der Waals surface area (Å²) < 4.78 is 39.3. The zero-order valence-electron chi connectivity index (χ0n) is 8.78. The van der Waals surface area contributed by atoms with Crippen LogP contribution in [-0.2, 0) is 4.79 Å². The number of carbonyl (C=O) groups is 1. The summed E-state index contributed by atoms with van der Waals surface area (Å²) in [7, 11) is 0. The molecule has 1 aromatic rings. The Morgan fingerprint density at radius 2 is 2.17 bits per heavy atom. The molecule has 3 nitrogen and oxygen atoms in total. The molecule has 0 bridgehead atoms. The van der Waals surface area contributed by atoms with Crippen LogP contribution in [0.5, 0.6) is 5.75 Å². The highest BCUT2D eigenvalue weighted by atomic mass is 35.5. The van der Waals surface area contributed by atoms with Gasteiger partial charge in [0.2, 0.25) is 0 Å². The fourth-order valence-electron chi connectivity index (χ4n) is 1.45. The van der Waals surface area contributed by atoms with E-state index in [2.05, 4.69) is 4.74 Å². The van der Waals surface area contributed by atoms with Crippen molar-refractivity contribution >= 4 is 35.0 Å². The number of nitrogens with zero attached hydrogens (tertiary/aromatic N) is 1. The van der Waals surface area contributed by atoms with Crippen LogP contribution in [0.2, 0.25) is 0 Å². The van der Waals surface area contributed by atoms with Crippen LogP contribution in [0.15, 0.2) is 24.3 Å². The van der Waals surface area contributed by atoms with Crippen molar-refractivity contribution in [3.8, 4) is 5.75 Å². The van der Waals surface area contributed by atoms with Gasteiger partial charge in [-0.1, -0.05) is 6.07 Å². The third kappa shape index (κ3) is 3.02. The lowest BCUT2D eigenvalue weighted by Gasteiger charge is -2.16. The van der Waals surface area contributed by atoms with Crippen LogP contribution in [0.1, 0.15) is 0 Å².